The first-order chi connectivity index (χ1) is 12.3. The van der Waals surface area contributed by atoms with Gasteiger partial charge >= 0.3 is 6.61 Å². The number of aliphatic imine (C=N–C) groups is 1. The van der Waals surface area contributed by atoms with Crippen molar-refractivity contribution in [3.63, 3.8) is 0 Å². The predicted octanol–water partition coefficient (Wildman–Crippen LogP) is 3.46. The molecule has 0 aromatic heterocycles. The van der Waals surface area contributed by atoms with Gasteiger partial charge in [0.2, 0.25) is 0 Å². The molecule has 26 heavy (non-hydrogen) atoms. The van der Waals surface area contributed by atoms with E-state index in [2.05, 4.69) is 53.0 Å². The summed E-state index contributed by atoms with van der Waals surface area (Å²) in [6, 6.07) is 7.69. The SMILES string of the molecule is CN=C(NCCCN(C(C)C)C(C)C)NCc1cccc(OC(F)F)c1. The third-order valence-corrected chi connectivity index (χ3v) is 4.02. The zero-order valence-corrected chi connectivity index (χ0v) is 16.4. The van der Waals surface area contributed by atoms with Crippen molar-refractivity contribution in [2.24, 2.45) is 4.99 Å². The molecule has 0 spiro atoms. The van der Waals surface area contributed by atoms with Crippen LogP contribution in [0.1, 0.15) is 39.7 Å². The number of benzene rings is 1. The molecule has 1 aromatic carbocycles. The lowest BCUT2D eigenvalue weighted by Gasteiger charge is -2.30. The van der Waals surface area contributed by atoms with E-state index in [-0.39, 0.29) is 5.75 Å². The van der Waals surface area contributed by atoms with Crippen molar-refractivity contribution < 1.29 is 13.5 Å². The maximum Gasteiger partial charge on any atom is 0.387 e. The molecule has 0 aliphatic rings. The van der Waals surface area contributed by atoms with Crippen LogP contribution in [0.15, 0.2) is 29.3 Å². The topological polar surface area (TPSA) is 48.9 Å². The molecule has 7 heteroatoms. The average molecular weight is 370 g/mol. The molecule has 0 aliphatic heterocycles. The van der Waals surface area contributed by atoms with Gasteiger partial charge in [-0.3, -0.25) is 9.89 Å². The van der Waals surface area contributed by atoms with Crippen LogP contribution < -0.4 is 15.4 Å². The van der Waals surface area contributed by atoms with Crippen LogP contribution in [-0.2, 0) is 6.54 Å². The molecule has 1 rings (SSSR count). The normalized spacial score (nSPS) is 12.3. The van der Waals surface area contributed by atoms with Crippen molar-refractivity contribution in [3.8, 4) is 5.75 Å². The summed E-state index contributed by atoms with van der Waals surface area (Å²) in [6.45, 7) is 8.32. The molecule has 1 aromatic rings. The predicted molar refractivity (Wildman–Crippen MR) is 103 cm³/mol. The molecule has 0 fully saturated rings. The summed E-state index contributed by atoms with van der Waals surface area (Å²) in [5.41, 5.74) is 0.844. The molecule has 0 aliphatic carbocycles. The van der Waals surface area contributed by atoms with Crippen LogP contribution >= 0.6 is 0 Å². The van der Waals surface area contributed by atoms with Gasteiger partial charge in [-0.2, -0.15) is 8.78 Å². The number of guanidine groups is 1. The first-order valence-corrected chi connectivity index (χ1v) is 9.07. The number of nitrogens with one attached hydrogen (secondary N) is 2. The first-order valence-electron chi connectivity index (χ1n) is 9.07. The Balaban J connectivity index is 2.39. The highest BCUT2D eigenvalue weighted by atomic mass is 19.3. The van der Waals surface area contributed by atoms with E-state index in [0.717, 1.165) is 25.1 Å². The van der Waals surface area contributed by atoms with E-state index >= 15 is 0 Å². The quantitative estimate of drug-likeness (QED) is 0.376. The molecule has 0 saturated heterocycles. The minimum absolute atomic E-state index is 0.157. The summed E-state index contributed by atoms with van der Waals surface area (Å²) in [5.74, 6) is 0.843. The zero-order valence-electron chi connectivity index (χ0n) is 16.4. The Labute approximate surface area is 155 Å². The van der Waals surface area contributed by atoms with Crippen molar-refractivity contribution in [2.45, 2.75) is 59.4 Å². The number of hydrogen-bond donors (Lipinski definition) is 2. The molecule has 2 N–H and O–H groups in total. The van der Waals surface area contributed by atoms with Crippen molar-refractivity contribution in [2.75, 3.05) is 20.1 Å². The fourth-order valence-corrected chi connectivity index (χ4v) is 2.82. The second-order valence-electron chi connectivity index (χ2n) is 6.66. The first kappa shape index (κ1) is 22.2. The van der Waals surface area contributed by atoms with E-state index in [0.29, 0.717) is 24.6 Å². The number of hydrogen-bond acceptors (Lipinski definition) is 3. The molecule has 148 valence electrons. The van der Waals surface area contributed by atoms with Crippen molar-refractivity contribution in [1.82, 2.24) is 15.5 Å². The molecular formula is C19H32F2N4O. The van der Waals surface area contributed by atoms with E-state index in [4.69, 9.17) is 0 Å². The third-order valence-electron chi connectivity index (χ3n) is 4.02. The van der Waals surface area contributed by atoms with Gasteiger partial charge in [-0.1, -0.05) is 12.1 Å². The van der Waals surface area contributed by atoms with Crippen molar-refractivity contribution >= 4 is 5.96 Å². The molecule has 5 nitrogen and oxygen atoms in total. The van der Waals surface area contributed by atoms with Crippen LogP contribution in [-0.4, -0.2) is 49.7 Å². The van der Waals surface area contributed by atoms with Crippen LogP contribution in [0.3, 0.4) is 0 Å². The number of halogens is 2. The Hall–Kier alpha value is -1.89. The summed E-state index contributed by atoms with van der Waals surface area (Å²) in [5, 5.41) is 6.46. The van der Waals surface area contributed by atoms with Gasteiger partial charge < -0.3 is 15.4 Å². The minimum Gasteiger partial charge on any atom is -0.435 e. The summed E-state index contributed by atoms with van der Waals surface area (Å²) in [6.07, 6.45) is 1.01. The van der Waals surface area contributed by atoms with Gasteiger partial charge in [0.05, 0.1) is 0 Å². The zero-order chi connectivity index (χ0) is 19.5. The van der Waals surface area contributed by atoms with Crippen molar-refractivity contribution in [1.29, 1.82) is 0 Å². The van der Waals surface area contributed by atoms with Crippen LogP contribution in [0.2, 0.25) is 0 Å². The maximum absolute atomic E-state index is 12.3. The van der Waals surface area contributed by atoms with E-state index in [9.17, 15) is 8.78 Å². The standard InChI is InChI=1S/C19H32F2N4O/c1-14(2)25(15(3)4)11-7-10-23-19(22-5)24-13-16-8-6-9-17(12-16)26-18(20)21/h6,8-9,12,14-15,18H,7,10-11,13H2,1-5H3,(H2,22,23,24). The molecule has 0 amide bonds. The Morgan fingerprint density at radius 2 is 1.85 bits per heavy atom. The minimum atomic E-state index is -2.82. The molecule has 0 atom stereocenters. The Morgan fingerprint density at radius 1 is 1.15 bits per heavy atom. The highest BCUT2D eigenvalue weighted by molar-refractivity contribution is 5.79. The second-order valence-corrected chi connectivity index (χ2v) is 6.66. The largest absolute Gasteiger partial charge is 0.435 e. The monoisotopic (exact) mass is 370 g/mol. The third kappa shape index (κ3) is 8.47. The van der Waals surface area contributed by atoms with E-state index in [1.807, 2.05) is 6.07 Å². The molecule has 0 saturated carbocycles. The van der Waals surface area contributed by atoms with Gasteiger partial charge in [-0.25, -0.2) is 0 Å². The van der Waals surface area contributed by atoms with Crippen LogP contribution in [0, 0.1) is 0 Å². The summed E-state index contributed by atoms with van der Waals surface area (Å²) in [7, 11) is 1.71. The molecule has 0 radical (unpaired) electrons. The lowest BCUT2D eigenvalue weighted by atomic mass is 10.2. The van der Waals surface area contributed by atoms with Gasteiger partial charge in [-0.05, 0) is 51.8 Å². The lowest BCUT2D eigenvalue weighted by molar-refractivity contribution is -0.0498. The molecule has 0 heterocycles. The number of alkyl halides is 2. The van der Waals surface area contributed by atoms with Gasteiger partial charge in [0.1, 0.15) is 5.75 Å². The summed E-state index contributed by atoms with van der Waals surface area (Å²) >= 11 is 0. The number of ether oxygens (including phenoxy) is 1. The van der Waals surface area contributed by atoms with E-state index in [1.165, 1.54) is 6.07 Å². The van der Waals surface area contributed by atoms with Crippen molar-refractivity contribution in [3.05, 3.63) is 29.8 Å². The Bertz CT molecular complexity index is 542. The van der Waals surface area contributed by atoms with Gasteiger partial charge in [-0.15, -0.1) is 0 Å². The van der Waals surface area contributed by atoms with Crippen LogP contribution in [0.4, 0.5) is 8.78 Å². The number of nitrogens with zero attached hydrogens (tertiary/aromatic N) is 2. The second kappa shape index (κ2) is 11.7. The van der Waals surface area contributed by atoms with Gasteiger partial charge in [0.15, 0.2) is 5.96 Å². The van der Waals surface area contributed by atoms with E-state index in [1.54, 1.807) is 19.2 Å². The average Bonchev–Trinajstić information content (AvgIpc) is 2.56. The maximum atomic E-state index is 12.3. The van der Waals surface area contributed by atoms with Crippen LogP contribution in [0.5, 0.6) is 5.75 Å². The smallest absolute Gasteiger partial charge is 0.387 e. The highest BCUT2D eigenvalue weighted by Crippen LogP contribution is 2.15. The Morgan fingerprint density at radius 3 is 2.42 bits per heavy atom. The lowest BCUT2D eigenvalue weighted by Crippen LogP contribution is -2.41. The number of rotatable bonds is 10. The highest BCUT2D eigenvalue weighted by Gasteiger charge is 2.12. The molecule has 0 unspecified atom stereocenters. The van der Waals surface area contributed by atoms with Gasteiger partial charge in [0.25, 0.3) is 0 Å². The molecular weight excluding hydrogens is 338 g/mol. The fourth-order valence-electron chi connectivity index (χ4n) is 2.82. The molecule has 0 bridgehead atoms. The van der Waals surface area contributed by atoms with Gasteiger partial charge in [0, 0.05) is 38.8 Å². The Kier molecular flexibility index (Phi) is 9.95. The summed E-state index contributed by atoms with van der Waals surface area (Å²) < 4.78 is 29.0. The summed E-state index contributed by atoms with van der Waals surface area (Å²) in [4.78, 5) is 6.64. The van der Waals surface area contributed by atoms with E-state index < -0.39 is 6.61 Å². The fraction of sp³-hybridized carbons (Fsp3) is 0.632. The van der Waals surface area contributed by atoms with Crippen LogP contribution in [0.25, 0.3) is 0 Å².